The summed E-state index contributed by atoms with van der Waals surface area (Å²) >= 11 is 12.2. The number of nitro benzene ring substituents is 1. The van der Waals surface area contributed by atoms with Crippen molar-refractivity contribution in [1.82, 2.24) is 4.90 Å². The monoisotopic (exact) mass is 548 g/mol. The van der Waals surface area contributed by atoms with Gasteiger partial charge in [-0.1, -0.05) is 47.5 Å². The number of nitro groups is 1. The van der Waals surface area contributed by atoms with E-state index in [-0.39, 0.29) is 16.4 Å². The van der Waals surface area contributed by atoms with Crippen LogP contribution in [0.25, 0.3) is 6.08 Å². The van der Waals surface area contributed by atoms with Crippen LogP contribution in [0.5, 0.6) is 0 Å². The fraction of sp³-hybridized carbons (Fsp3) is 0.148. The third-order valence-corrected chi connectivity index (χ3v) is 7.82. The van der Waals surface area contributed by atoms with Gasteiger partial charge < -0.3 is 10.2 Å². The first-order valence-electron chi connectivity index (χ1n) is 11.7. The summed E-state index contributed by atoms with van der Waals surface area (Å²) in [6.45, 7) is 0. The Kier molecular flexibility index (Phi) is 5.70. The van der Waals surface area contributed by atoms with Crippen LogP contribution in [0.3, 0.4) is 0 Å². The first-order valence-corrected chi connectivity index (χ1v) is 12.4. The molecule has 4 atom stereocenters. The largest absolute Gasteiger partial charge is 0.357 e. The molecule has 2 saturated heterocycles. The number of imide groups is 1. The van der Waals surface area contributed by atoms with Crippen LogP contribution in [0.4, 0.5) is 17.1 Å². The predicted octanol–water partition coefficient (Wildman–Crippen LogP) is 5.06. The highest BCUT2D eigenvalue weighted by Gasteiger charge is 2.64. The first-order chi connectivity index (χ1) is 18.3. The molecule has 3 amide bonds. The van der Waals surface area contributed by atoms with E-state index < -0.39 is 46.6 Å². The van der Waals surface area contributed by atoms with Crippen molar-refractivity contribution in [3.8, 4) is 0 Å². The molecule has 3 aliphatic rings. The summed E-state index contributed by atoms with van der Waals surface area (Å²) in [4.78, 5) is 55.0. The number of nitrogens with one attached hydrogen (secondary N) is 1. The summed E-state index contributed by atoms with van der Waals surface area (Å²) in [5.74, 6) is -3.36. The van der Waals surface area contributed by atoms with Crippen LogP contribution in [-0.4, -0.2) is 33.6 Å². The second-order valence-corrected chi connectivity index (χ2v) is 10.1. The van der Waals surface area contributed by atoms with Gasteiger partial charge in [0.25, 0.3) is 5.69 Å². The van der Waals surface area contributed by atoms with E-state index in [0.29, 0.717) is 10.7 Å². The Hall–Kier alpha value is -4.21. The maximum absolute atomic E-state index is 13.8. The lowest BCUT2D eigenvalue weighted by Crippen LogP contribution is -2.46. The van der Waals surface area contributed by atoms with Crippen molar-refractivity contribution in [3.63, 3.8) is 0 Å². The third kappa shape index (κ3) is 3.66. The van der Waals surface area contributed by atoms with Crippen molar-refractivity contribution in [3.05, 3.63) is 104 Å². The molecule has 3 aliphatic heterocycles. The van der Waals surface area contributed by atoms with Crippen molar-refractivity contribution < 1.29 is 19.3 Å². The van der Waals surface area contributed by atoms with Gasteiger partial charge in [-0.25, -0.2) is 4.90 Å². The standard InChI is InChI=1S/C27H18Cl2N4O5/c28-15-5-7-16(8-6-15)32-26(35)21-22(27(32)36)24(31-12-11-14-3-1-2-4-18(14)23(21)31)25(34)30-20-13-17(33(37)38)9-10-19(20)29/h1-13,21-24H,(H,30,34)/t21-,22+,23-,24-/m0/s1. The molecule has 3 aromatic carbocycles. The van der Waals surface area contributed by atoms with E-state index in [0.717, 1.165) is 22.1 Å². The van der Waals surface area contributed by atoms with Gasteiger partial charge in [-0.15, -0.1) is 0 Å². The Bertz CT molecular complexity index is 1560. The number of anilines is 2. The molecule has 0 saturated carbocycles. The molecule has 6 rings (SSSR count). The van der Waals surface area contributed by atoms with Crippen molar-refractivity contribution >= 4 is 64.1 Å². The van der Waals surface area contributed by atoms with Gasteiger partial charge >= 0.3 is 0 Å². The van der Waals surface area contributed by atoms with E-state index >= 15 is 0 Å². The second-order valence-electron chi connectivity index (χ2n) is 9.23. The lowest BCUT2D eigenvalue weighted by Gasteiger charge is -2.35. The zero-order chi connectivity index (χ0) is 26.7. The van der Waals surface area contributed by atoms with E-state index in [2.05, 4.69) is 5.32 Å². The van der Waals surface area contributed by atoms with Gasteiger partial charge in [0.05, 0.1) is 39.2 Å². The third-order valence-electron chi connectivity index (χ3n) is 7.23. The molecule has 9 nitrogen and oxygen atoms in total. The fourth-order valence-electron chi connectivity index (χ4n) is 5.63. The van der Waals surface area contributed by atoms with E-state index in [1.54, 1.807) is 35.4 Å². The molecule has 0 aromatic heterocycles. The zero-order valence-corrected chi connectivity index (χ0v) is 21.0. The molecule has 0 unspecified atom stereocenters. The highest BCUT2D eigenvalue weighted by atomic mass is 35.5. The highest BCUT2D eigenvalue weighted by molar-refractivity contribution is 6.34. The summed E-state index contributed by atoms with van der Waals surface area (Å²) in [6.07, 6.45) is 3.55. The van der Waals surface area contributed by atoms with Crippen LogP contribution in [-0.2, 0) is 14.4 Å². The summed E-state index contributed by atoms with van der Waals surface area (Å²) in [5, 5.41) is 14.5. The van der Waals surface area contributed by atoms with Gasteiger partial charge in [0.15, 0.2) is 0 Å². The van der Waals surface area contributed by atoms with Crippen LogP contribution in [0.1, 0.15) is 17.2 Å². The molecule has 3 heterocycles. The van der Waals surface area contributed by atoms with Crippen LogP contribution in [0.2, 0.25) is 10.0 Å². The summed E-state index contributed by atoms with van der Waals surface area (Å²) in [7, 11) is 0. The SMILES string of the molecule is O=C(Nc1cc([N+](=O)[O-])ccc1Cl)[C@@H]1[C@@H]2C(=O)N(c3ccc(Cl)cc3)C(=O)[C@@H]2[C@@H]2c3ccccc3C=CN12. The smallest absolute Gasteiger partial charge is 0.271 e. The lowest BCUT2D eigenvalue weighted by molar-refractivity contribution is -0.384. The van der Waals surface area contributed by atoms with Crippen LogP contribution >= 0.6 is 23.2 Å². The maximum Gasteiger partial charge on any atom is 0.271 e. The Morgan fingerprint density at radius 3 is 2.39 bits per heavy atom. The Morgan fingerprint density at radius 2 is 1.66 bits per heavy atom. The molecular formula is C27H18Cl2N4O5. The predicted molar refractivity (Wildman–Crippen MR) is 142 cm³/mol. The molecule has 0 bridgehead atoms. The molecule has 1 N–H and O–H groups in total. The average molecular weight is 549 g/mol. The summed E-state index contributed by atoms with van der Waals surface area (Å²) in [5.41, 5.74) is 1.87. The number of rotatable bonds is 4. The number of benzene rings is 3. The Balaban J connectivity index is 1.43. The minimum Gasteiger partial charge on any atom is -0.357 e. The molecule has 2 fully saturated rings. The number of amides is 3. The topological polar surface area (TPSA) is 113 Å². The van der Waals surface area contributed by atoms with Crippen molar-refractivity contribution in [1.29, 1.82) is 0 Å². The number of carbonyl (C=O) groups is 3. The Labute approximate surface area is 226 Å². The Morgan fingerprint density at radius 1 is 0.947 bits per heavy atom. The molecule has 11 heteroatoms. The van der Waals surface area contributed by atoms with Crippen molar-refractivity contribution in [2.45, 2.75) is 12.1 Å². The molecule has 0 spiro atoms. The molecule has 38 heavy (non-hydrogen) atoms. The van der Waals surface area contributed by atoms with Gasteiger partial charge in [0.1, 0.15) is 6.04 Å². The van der Waals surface area contributed by atoms with E-state index in [1.165, 1.54) is 12.1 Å². The summed E-state index contributed by atoms with van der Waals surface area (Å²) < 4.78 is 0. The number of carbonyl (C=O) groups excluding carboxylic acids is 3. The number of fused-ring (bicyclic) bond motifs is 5. The quantitative estimate of drug-likeness (QED) is 0.277. The van der Waals surface area contributed by atoms with Crippen molar-refractivity contribution in [2.24, 2.45) is 11.8 Å². The fourth-order valence-corrected chi connectivity index (χ4v) is 5.92. The van der Waals surface area contributed by atoms with Gasteiger partial charge in [0.2, 0.25) is 17.7 Å². The maximum atomic E-state index is 13.8. The molecular weight excluding hydrogens is 531 g/mol. The van der Waals surface area contributed by atoms with Crippen LogP contribution in [0.15, 0.2) is 72.9 Å². The second kappa shape index (κ2) is 8.97. The minimum absolute atomic E-state index is 0.0404. The first kappa shape index (κ1) is 24.1. The van der Waals surface area contributed by atoms with Crippen molar-refractivity contribution in [2.75, 3.05) is 10.2 Å². The van der Waals surface area contributed by atoms with E-state index in [4.69, 9.17) is 23.2 Å². The van der Waals surface area contributed by atoms with Gasteiger partial charge in [-0.2, -0.15) is 0 Å². The summed E-state index contributed by atoms with van der Waals surface area (Å²) in [6, 6.07) is 15.9. The van der Waals surface area contributed by atoms with Gasteiger partial charge in [-0.05, 0) is 47.5 Å². The molecule has 0 radical (unpaired) electrons. The van der Waals surface area contributed by atoms with Gasteiger partial charge in [0, 0.05) is 23.4 Å². The average Bonchev–Trinajstić information content (AvgIpc) is 3.38. The number of nitrogens with zero attached hydrogens (tertiary/aromatic N) is 3. The lowest BCUT2D eigenvalue weighted by atomic mass is 9.84. The number of hydrogen-bond acceptors (Lipinski definition) is 6. The molecule has 3 aromatic rings. The van der Waals surface area contributed by atoms with E-state index in [9.17, 15) is 24.5 Å². The van der Waals surface area contributed by atoms with Crippen LogP contribution < -0.4 is 10.2 Å². The van der Waals surface area contributed by atoms with Crippen LogP contribution in [0, 0.1) is 22.0 Å². The zero-order valence-electron chi connectivity index (χ0n) is 19.5. The minimum atomic E-state index is -1.07. The van der Waals surface area contributed by atoms with Gasteiger partial charge in [-0.3, -0.25) is 24.5 Å². The van der Waals surface area contributed by atoms with E-state index in [1.807, 2.05) is 30.3 Å². The number of halogens is 2. The number of hydrogen-bond donors (Lipinski definition) is 1. The normalized spacial score (nSPS) is 23.2. The highest BCUT2D eigenvalue weighted by Crippen LogP contribution is 2.53. The molecule has 190 valence electrons. The molecule has 0 aliphatic carbocycles. The number of non-ortho nitro benzene ring substituents is 1.